The van der Waals surface area contributed by atoms with Gasteiger partial charge in [-0.2, -0.15) is 0 Å². The second-order valence-corrected chi connectivity index (χ2v) is 31.2. The van der Waals surface area contributed by atoms with E-state index in [0.717, 1.165) is 71.9 Å². The van der Waals surface area contributed by atoms with Crippen molar-refractivity contribution >= 4 is 65.3 Å². The molecule has 0 spiro atoms. The third-order valence-corrected chi connectivity index (χ3v) is 24.7. The van der Waals surface area contributed by atoms with Gasteiger partial charge in [-0.1, -0.05) is 72.8 Å². The number of halogens is 3. The Balaban J connectivity index is 0.000000130. The smallest absolute Gasteiger partial charge is 0.502 e. The van der Waals surface area contributed by atoms with Crippen LogP contribution < -0.4 is 40.8 Å². The minimum Gasteiger partial charge on any atom is -0.502 e. The summed E-state index contributed by atoms with van der Waals surface area (Å²) in [4.78, 5) is 111. The summed E-state index contributed by atoms with van der Waals surface area (Å²) in [6.45, 7) is 7.80. The molecule has 1 N–H and O–H groups in total. The van der Waals surface area contributed by atoms with Crippen LogP contribution in [0, 0.1) is 17.5 Å². The van der Waals surface area contributed by atoms with Crippen LogP contribution in [-0.4, -0.2) is 167 Å². The van der Waals surface area contributed by atoms with Crippen LogP contribution in [0.2, 0.25) is 0 Å². The van der Waals surface area contributed by atoms with E-state index in [9.17, 15) is 56.6 Å². The number of thioether (sulfide) groups is 3. The summed E-state index contributed by atoms with van der Waals surface area (Å²) in [5, 5.41) is 16.7. The van der Waals surface area contributed by atoms with Crippen LogP contribution >= 0.6 is 35.3 Å². The van der Waals surface area contributed by atoms with E-state index in [2.05, 4.69) is 4.74 Å². The molecule has 3 saturated heterocycles. The number of rotatable bonds is 10. The molecule has 9 aromatic rings. The van der Waals surface area contributed by atoms with Crippen LogP contribution in [-0.2, 0) is 50.4 Å². The van der Waals surface area contributed by atoms with E-state index < -0.39 is 102 Å². The number of ether oxygens (including phenoxy) is 9. The standard InChI is InChI=1S/C29H28FN3O7S.C28H26FN3O7S.C25H22FN3O4S/c1-3-38-29(36)40-16-39-27-22(34)10-11-31-26(27)28(35)32-17(2)13-37-14-24(32)33(31)25-20-9-8-19(30)12-18(20)15-41-23-7-5-4-6-21(23)25;1-16-12-37-13-23-31(16)27(34)25-26(38-15-39-28(35)36-2)21(33)9-10-30(25)32(23)24-19-8-7-18(29)11-17(19)14-40-22-6-4-3-5-20(22)24;1-14-11-33-12-21-28(14)25(32)23-24(31)19(30)8-9-27(23)29(21)22-17-7-6-16(26)10-15(17)13-34-20-5-3-2-4-18(20)22/h4-12,17,24-25H,3,13-16H2,1-2H3;3-11,16,23-24H,12-15H2,1-2H3;2-10,14,21-22,31H,11-13H2,1H3/t17-,24+,25-;16-,23+,24-;14-,21+,22-/m000/s1. The van der Waals surface area contributed by atoms with Crippen LogP contribution in [0.15, 0.2) is 193 Å². The predicted molar refractivity (Wildman–Crippen MR) is 414 cm³/mol. The van der Waals surface area contributed by atoms with Crippen molar-refractivity contribution in [3.05, 3.63) is 279 Å². The maximum absolute atomic E-state index is 14.5. The first kappa shape index (κ1) is 77.6. The van der Waals surface area contributed by atoms with E-state index in [4.69, 9.17) is 37.9 Å². The molecule has 0 radical (unpaired) electrons. The Hall–Kier alpha value is -11.4. The fraction of sp³-hybridized carbons (Fsp3) is 0.317. The Morgan fingerprint density at radius 2 is 0.774 bits per heavy atom. The molecule has 596 valence electrons. The van der Waals surface area contributed by atoms with Gasteiger partial charge in [-0.3, -0.25) is 57.8 Å². The van der Waals surface area contributed by atoms with Gasteiger partial charge < -0.3 is 62.4 Å². The summed E-state index contributed by atoms with van der Waals surface area (Å²) >= 11 is 4.86. The molecular weight excluding hydrogens is 1550 g/mol. The molecule has 0 bridgehead atoms. The monoisotopic (exact) mass is 1630 g/mol. The average Bonchev–Trinajstić information content (AvgIpc) is 1.33. The number of aromatic hydroxyl groups is 1. The predicted octanol–water partition coefficient (Wildman–Crippen LogP) is 10.9. The maximum atomic E-state index is 14.5. The summed E-state index contributed by atoms with van der Waals surface area (Å²) in [6.07, 6.45) is 1.05. The summed E-state index contributed by atoms with van der Waals surface area (Å²) in [5.41, 5.74) is 6.27. The number of hydrogen-bond donors (Lipinski definition) is 1. The van der Waals surface area contributed by atoms with Crippen LogP contribution in [0.1, 0.15) is 127 Å². The van der Waals surface area contributed by atoms with Gasteiger partial charge in [0.15, 0.2) is 22.8 Å². The average molecular weight is 1630 g/mol. The van der Waals surface area contributed by atoms with Gasteiger partial charge in [-0.25, -0.2) is 22.8 Å². The van der Waals surface area contributed by atoms with E-state index in [1.165, 1.54) is 55.0 Å². The molecule has 3 fully saturated rings. The number of carbonyl (C=O) groups is 5. The lowest BCUT2D eigenvalue weighted by Gasteiger charge is -2.53. The molecule has 115 heavy (non-hydrogen) atoms. The van der Waals surface area contributed by atoms with Crippen molar-refractivity contribution in [2.45, 2.75) is 114 Å². The van der Waals surface area contributed by atoms with E-state index >= 15 is 0 Å². The zero-order valence-corrected chi connectivity index (χ0v) is 65.0. The Morgan fingerprint density at radius 3 is 1.14 bits per heavy atom. The van der Waals surface area contributed by atoms with E-state index in [0.29, 0.717) is 37.1 Å². The van der Waals surface area contributed by atoms with E-state index in [1.54, 1.807) is 107 Å². The number of aromatic nitrogens is 3. The highest BCUT2D eigenvalue weighted by Gasteiger charge is 2.52. The van der Waals surface area contributed by atoms with E-state index in [-0.39, 0.29) is 90.6 Å². The zero-order valence-electron chi connectivity index (χ0n) is 62.5. The van der Waals surface area contributed by atoms with Crippen molar-refractivity contribution in [2.75, 3.05) is 82.0 Å². The number of morpholine rings is 3. The van der Waals surface area contributed by atoms with Crippen molar-refractivity contribution in [3.63, 3.8) is 0 Å². The third kappa shape index (κ3) is 14.3. The van der Waals surface area contributed by atoms with Crippen molar-refractivity contribution in [1.82, 2.24) is 28.7 Å². The van der Waals surface area contributed by atoms with Gasteiger partial charge in [0.05, 0.1) is 89.6 Å². The van der Waals surface area contributed by atoms with Gasteiger partial charge in [0.2, 0.25) is 41.4 Å². The van der Waals surface area contributed by atoms with Crippen molar-refractivity contribution in [3.8, 4) is 17.2 Å². The second kappa shape index (κ2) is 32.5. The van der Waals surface area contributed by atoms with Crippen LogP contribution in [0.25, 0.3) is 0 Å². The number of amides is 3. The van der Waals surface area contributed by atoms with Gasteiger partial charge in [0.25, 0.3) is 17.7 Å². The molecule has 33 heteroatoms. The fourth-order valence-electron chi connectivity index (χ4n) is 16.4. The minimum atomic E-state index is -0.990. The van der Waals surface area contributed by atoms with Gasteiger partial charge in [0.1, 0.15) is 35.9 Å². The first-order valence-corrected chi connectivity index (χ1v) is 40.0. The molecule has 18 rings (SSSR count). The molecular formula is C82H76F3N9O18S3. The fourth-order valence-corrected chi connectivity index (χ4v) is 19.7. The number of benzene rings is 6. The first-order valence-electron chi connectivity index (χ1n) is 37.0. The molecule has 27 nitrogen and oxygen atoms in total. The molecule has 0 saturated carbocycles. The Kier molecular flexibility index (Phi) is 21.9. The molecule has 0 aliphatic carbocycles. The maximum Gasteiger partial charge on any atom is 0.511 e. The molecule has 12 heterocycles. The highest BCUT2D eigenvalue weighted by Crippen LogP contribution is 2.49. The molecule has 9 aliphatic rings. The van der Waals surface area contributed by atoms with Gasteiger partial charge in [-0.05, 0) is 132 Å². The Labute approximate surface area is 668 Å². The number of methoxy groups -OCH3 is 1. The van der Waals surface area contributed by atoms with E-state index in [1.807, 2.05) is 109 Å². The highest BCUT2D eigenvalue weighted by atomic mass is 32.2. The van der Waals surface area contributed by atoms with Crippen molar-refractivity contribution in [1.29, 1.82) is 0 Å². The number of carbonyl (C=O) groups excluding carboxylic acids is 5. The van der Waals surface area contributed by atoms with Crippen molar-refractivity contribution in [2.24, 2.45) is 0 Å². The Morgan fingerprint density at radius 1 is 0.435 bits per heavy atom. The first-order chi connectivity index (χ1) is 55.7. The van der Waals surface area contributed by atoms with Crippen molar-refractivity contribution < 1.29 is 84.9 Å². The molecule has 9 aliphatic heterocycles. The van der Waals surface area contributed by atoms with Crippen LogP contribution in [0.4, 0.5) is 22.8 Å². The third-order valence-electron chi connectivity index (χ3n) is 21.3. The molecule has 9 atom stereocenters. The molecule has 6 aromatic carbocycles. The van der Waals surface area contributed by atoms with Gasteiger partial charge in [-0.15, -0.1) is 35.3 Å². The number of fused-ring (bicyclic) bond motifs is 12. The highest BCUT2D eigenvalue weighted by molar-refractivity contribution is 7.99. The quantitative estimate of drug-likeness (QED) is 0.0984. The second-order valence-electron chi connectivity index (χ2n) is 28.2. The summed E-state index contributed by atoms with van der Waals surface area (Å²) in [7, 11) is 1.15. The summed E-state index contributed by atoms with van der Waals surface area (Å²) < 4.78 is 96.0. The minimum absolute atomic E-state index is 0.00648. The SMILES string of the molecule is CCOC(=O)OCOc1c2n(ccc1=O)N([C@H]1c3ccc(F)cc3CSc3ccccc31)[C@@H]1COC[C@H](C)N1C2=O.COC(=O)OCOc1c2n(ccc1=O)N([C@H]1c3ccc(F)cc3CSc3ccccc31)[C@@H]1COC[C@H](C)N1C2=O.C[C@H]1COC[C@@H]2N1C(=O)c1c(O)c(=O)ccn1N2[C@H]1c2ccc(F)cc2CSc2ccccc21. The summed E-state index contributed by atoms with van der Waals surface area (Å²) in [5.74, 6) is -1.59. The topological polar surface area (TPSA) is 274 Å². The number of pyridine rings is 3. The zero-order chi connectivity index (χ0) is 80.2. The molecule has 3 amide bonds. The van der Waals surface area contributed by atoms with Gasteiger partial charge in [0, 0.05) is 68.7 Å². The summed E-state index contributed by atoms with van der Waals surface area (Å²) in [6, 6.07) is 39.7. The van der Waals surface area contributed by atoms with Crippen LogP contribution in [0.3, 0.4) is 0 Å². The van der Waals surface area contributed by atoms with Crippen LogP contribution in [0.5, 0.6) is 17.2 Å². The lowest BCUT2D eigenvalue weighted by molar-refractivity contribution is -0.0476. The lowest BCUT2D eigenvalue weighted by atomic mass is 9.93. The molecule has 3 aromatic heterocycles. The Bertz CT molecular complexity index is 5540. The number of nitrogens with zero attached hydrogens (tertiary/aromatic N) is 9. The normalized spacial score (nSPS) is 21.9. The molecule has 0 unspecified atom stereocenters. The van der Waals surface area contributed by atoms with Gasteiger partial charge >= 0.3 is 12.3 Å². The number of hydrogen-bond acceptors (Lipinski definition) is 24. The lowest BCUT2D eigenvalue weighted by Crippen LogP contribution is -2.68. The largest absolute Gasteiger partial charge is 0.511 e.